The molecule has 5 heteroatoms. The van der Waals surface area contributed by atoms with Gasteiger partial charge in [-0.1, -0.05) is 54.6 Å². The van der Waals surface area contributed by atoms with Crippen LogP contribution in [0.2, 0.25) is 0 Å². The number of aliphatic hydroxyl groups is 1. The number of halogens is 2. The Balaban J connectivity index is 1.78. The highest BCUT2D eigenvalue weighted by Crippen LogP contribution is 2.28. The molecule has 0 saturated carbocycles. The first-order valence-electron chi connectivity index (χ1n) is 11.8. The maximum absolute atomic E-state index is 14.1. The first-order valence-corrected chi connectivity index (χ1v) is 11.8. The van der Waals surface area contributed by atoms with Crippen molar-refractivity contribution in [2.45, 2.75) is 45.5 Å². The summed E-state index contributed by atoms with van der Waals surface area (Å²) in [7, 11) is 0. The standard InChI is InChI=1S/C30H30F2N2O/c1-21-9-3-5-11-24(21)19-34(20-25-12-6-4-10-22(25)2)29(30(35)28-13-7-8-14-33-28)17-23-15-26(31)18-27(32)16-23/h3-16,18,29-30,35H,17,19-20H2,1-2H3/t29-,30+/m0/s1. The second kappa shape index (κ2) is 11.3. The van der Waals surface area contributed by atoms with E-state index in [-0.39, 0.29) is 6.42 Å². The van der Waals surface area contributed by atoms with Crippen molar-refractivity contribution in [1.29, 1.82) is 0 Å². The van der Waals surface area contributed by atoms with E-state index in [1.54, 1.807) is 18.3 Å². The third-order valence-corrected chi connectivity index (χ3v) is 6.46. The van der Waals surface area contributed by atoms with Gasteiger partial charge in [0.2, 0.25) is 0 Å². The Morgan fingerprint density at radius 1 is 0.771 bits per heavy atom. The molecule has 4 aromatic rings. The summed E-state index contributed by atoms with van der Waals surface area (Å²) < 4.78 is 28.1. The smallest absolute Gasteiger partial charge is 0.126 e. The summed E-state index contributed by atoms with van der Waals surface area (Å²) in [4.78, 5) is 6.57. The largest absolute Gasteiger partial charge is 0.385 e. The molecule has 0 aliphatic rings. The molecule has 0 amide bonds. The molecule has 0 fully saturated rings. The summed E-state index contributed by atoms with van der Waals surface area (Å²) in [6.07, 6.45) is 0.935. The molecule has 2 atom stereocenters. The molecule has 1 N–H and O–H groups in total. The van der Waals surface area contributed by atoms with E-state index in [4.69, 9.17) is 0 Å². The van der Waals surface area contributed by atoms with Crippen LogP contribution in [0.15, 0.2) is 91.1 Å². The van der Waals surface area contributed by atoms with Crippen molar-refractivity contribution in [3.63, 3.8) is 0 Å². The molecular formula is C30H30F2N2O. The van der Waals surface area contributed by atoms with Crippen molar-refractivity contribution in [1.82, 2.24) is 9.88 Å². The number of rotatable bonds is 9. The summed E-state index contributed by atoms with van der Waals surface area (Å²) in [5.41, 5.74) is 5.56. The van der Waals surface area contributed by atoms with Gasteiger partial charge in [0, 0.05) is 31.4 Å². The van der Waals surface area contributed by atoms with Crippen molar-refractivity contribution in [3.05, 3.63) is 136 Å². The zero-order valence-electron chi connectivity index (χ0n) is 20.0. The molecule has 3 aromatic carbocycles. The molecule has 0 saturated heterocycles. The second-order valence-corrected chi connectivity index (χ2v) is 9.01. The lowest BCUT2D eigenvalue weighted by atomic mass is 9.95. The number of nitrogens with zero attached hydrogens (tertiary/aromatic N) is 2. The fourth-order valence-electron chi connectivity index (χ4n) is 4.46. The number of benzene rings is 3. The van der Waals surface area contributed by atoms with Crippen molar-refractivity contribution < 1.29 is 13.9 Å². The Hall–Kier alpha value is -3.41. The van der Waals surface area contributed by atoms with Crippen molar-refractivity contribution in [2.75, 3.05) is 0 Å². The average molecular weight is 473 g/mol. The Bertz CT molecular complexity index is 1190. The SMILES string of the molecule is Cc1ccccc1CN(Cc1ccccc1C)[C@@H](Cc1cc(F)cc(F)c1)[C@H](O)c1ccccn1. The van der Waals surface area contributed by atoms with Crippen LogP contribution in [0.3, 0.4) is 0 Å². The maximum atomic E-state index is 14.1. The number of pyridine rings is 1. The normalized spacial score (nSPS) is 13.1. The highest BCUT2D eigenvalue weighted by molar-refractivity contribution is 5.29. The first kappa shape index (κ1) is 24.7. The molecule has 0 spiro atoms. The van der Waals surface area contributed by atoms with Crippen molar-refractivity contribution in [2.24, 2.45) is 0 Å². The van der Waals surface area contributed by atoms with Crippen LogP contribution in [0.1, 0.15) is 39.6 Å². The van der Waals surface area contributed by atoms with Gasteiger partial charge in [-0.25, -0.2) is 8.78 Å². The molecule has 3 nitrogen and oxygen atoms in total. The van der Waals surface area contributed by atoms with Gasteiger partial charge >= 0.3 is 0 Å². The number of hydrogen-bond donors (Lipinski definition) is 1. The predicted molar refractivity (Wildman–Crippen MR) is 135 cm³/mol. The van der Waals surface area contributed by atoms with E-state index in [0.717, 1.165) is 28.3 Å². The van der Waals surface area contributed by atoms with E-state index in [1.165, 1.54) is 12.1 Å². The summed E-state index contributed by atoms with van der Waals surface area (Å²) in [5.74, 6) is -1.26. The van der Waals surface area contributed by atoms with E-state index in [0.29, 0.717) is 24.3 Å². The zero-order chi connectivity index (χ0) is 24.8. The van der Waals surface area contributed by atoms with Crippen LogP contribution in [-0.4, -0.2) is 21.0 Å². The molecule has 4 rings (SSSR count). The minimum absolute atomic E-state index is 0.254. The van der Waals surface area contributed by atoms with E-state index in [1.807, 2.05) is 30.3 Å². The highest BCUT2D eigenvalue weighted by Gasteiger charge is 2.30. The van der Waals surface area contributed by atoms with Crippen LogP contribution in [-0.2, 0) is 19.5 Å². The zero-order valence-corrected chi connectivity index (χ0v) is 20.0. The molecule has 1 aromatic heterocycles. The van der Waals surface area contributed by atoms with E-state index < -0.39 is 23.8 Å². The van der Waals surface area contributed by atoms with Gasteiger partial charge in [-0.2, -0.15) is 0 Å². The fraction of sp³-hybridized carbons (Fsp3) is 0.233. The Morgan fingerprint density at radius 3 is 1.83 bits per heavy atom. The van der Waals surface area contributed by atoms with Crippen LogP contribution in [0.25, 0.3) is 0 Å². The minimum atomic E-state index is -0.962. The molecule has 180 valence electrons. The monoisotopic (exact) mass is 472 g/mol. The van der Waals surface area contributed by atoms with Crippen LogP contribution in [0.4, 0.5) is 8.78 Å². The van der Waals surface area contributed by atoms with Gasteiger partial charge < -0.3 is 5.11 Å². The number of aromatic nitrogens is 1. The van der Waals surface area contributed by atoms with Crippen LogP contribution >= 0.6 is 0 Å². The van der Waals surface area contributed by atoms with Crippen molar-refractivity contribution >= 4 is 0 Å². The molecule has 35 heavy (non-hydrogen) atoms. The number of hydrogen-bond acceptors (Lipinski definition) is 3. The van der Waals surface area contributed by atoms with Gasteiger partial charge in [0.05, 0.1) is 5.69 Å². The Labute approximate surface area is 205 Å². The Morgan fingerprint density at radius 2 is 1.31 bits per heavy atom. The van der Waals surface area contributed by atoms with E-state index in [9.17, 15) is 13.9 Å². The molecule has 1 heterocycles. The van der Waals surface area contributed by atoms with E-state index in [2.05, 4.69) is 48.0 Å². The topological polar surface area (TPSA) is 36.4 Å². The number of aliphatic hydroxyl groups excluding tert-OH is 1. The highest BCUT2D eigenvalue weighted by atomic mass is 19.1. The van der Waals surface area contributed by atoms with Gasteiger partial charge in [0.1, 0.15) is 17.7 Å². The molecule has 0 aliphatic heterocycles. The average Bonchev–Trinajstić information content (AvgIpc) is 2.84. The summed E-state index contributed by atoms with van der Waals surface area (Å²) >= 11 is 0. The molecule has 0 radical (unpaired) electrons. The van der Waals surface area contributed by atoms with Crippen LogP contribution < -0.4 is 0 Å². The second-order valence-electron chi connectivity index (χ2n) is 9.01. The fourth-order valence-corrected chi connectivity index (χ4v) is 4.46. The number of aryl methyl sites for hydroxylation is 2. The summed E-state index contributed by atoms with van der Waals surface area (Å²) in [5, 5.41) is 11.6. The molecule has 0 bridgehead atoms. The van der Waals surface area contributed by atoms with Gasteiger partial charge in [0.15, 0.2) is 0 Å². The third-order valence-electron chi connectivity index (χ3n) is 6.46. The van der Waals surface area contributed by atoms with Crippen molar-refractivity contribution in [3.8, 4) is 0 Å². The van der Waals surface area contributed by atoms with Gasteiger partial charge in [0.25, 0.3) is 0 Å². The lowest BCUT2D eigenvalue weighted by molar-refractivity contribution is 0.0354. The summed E-state index contributed by atoms with van der Waals surface area (Å²) in [6.45, 7) is 5.25. The first-order chi connectivity index (χ1) is 16.9. The quantitative estimate of drug-likeness (QED) is 0.310. The molecule has 0 aliphatic carbocycles. The predicted octanol–water partition coefficient (Wildman–Crippen LogP) is 6.32. The molecule has 0 unspecified atom stereocenters. The molecular weight excluding hydrogens is 442 g/mol. The van der Waals surface area contributed by atoms with Gasteiger partial charge in [-0.15, -0.1) is 0 Å². The van der Waals surface area contributed by atoms with Gasteiger partial charge in [-0.3, -0.25) is 9.88 Å². The minimum Gasteiger partial charge on any atom is -0.385 e. The lowest BCUT2D eigenvalue weighted by Crippen LogP contribution is -2.41. The van der Waals surface area contributed by atoms with Gasteiger partial charge in [-0.05, 0) is 72.4 Å². The Kier molecular flexibility index (Phi) is 8.01. The van der Waals surface area contributed by atoms with E-state index >= 15 is 0 Å². The van der Waals surface area contributed by atoms with Crippen LogP contribution in [0, 0.1) is 25.5 Å². The van der Waals surface area contributed by atoms with Crippen LogP contribution in [0.5, 0.6) is 0 Å². The third kappa shape index (κ3) is 6.38. The lowest BCUT2D eigenvalue weighted by Gasteiger charge is -2.36. The maximum Gasteiger partial charge on any atom is 0.126 e. The summed E-state index contributed by atoms with van der Waals surface area (Å²) in [6, 6.07) is 24.7.